The van der Waals surface area contributed by atoms with Crippen LogP contribution in [-0.2, 0) is 0 Å². The largest absolute Gasteiger partial charge is 0.495 e. The highest BCUT2D eigenvalue weighted by Gasteiger charge is 2.14. The van der Waals surface area contributed by atoms with Gasteiger partial charge in [0.1, 0.15) is 11.5 Å². The van der Waals surface area contributed by atoms with Gasteiger partial charge in [-0.15, -0.1) is 0 Å². The number of nitro benzene ring substituents is 1. The number of carbonyl (C=O) groups is 1. The Morgan fingerprint density at radius 1 is 1.22 bits per heavy atom. The second-order valence-corrected chi connectivity index (χ2v) is 4.55. The Morgan fingerprint density at radius 3 is 2.48 bits per heavy atom. The van der Waals surface area contributed by atoms with Crippen LogP contribution in [-0.4, -0.2) is 24.5 Å². The molecule has 23 heavy (non-hydrogen) atoms. The number of carbonyl (C=O) groups excluding carboxylic acids is 1. The fourth-order valence-corrected chi connectivity index (χ4v) is 1.97. The van der Waals surface area contributed by atoms with Crippen LogP contribution in [0.25, 0.3) is 0 Å². The second kappa shape index (κ2) is 7.26. The fraction of sp³-hybridized carbons (Fsp3) is 0.188. The number of ether oxygens (including phenoxy) is 2. The number of hydrogen-bond acceptors (Lipinski definition) is 5. The Morgan fingerprint density at radius 2 is 1.91 bits per heavy atom. The molecule has 0 spiro atoms. The minimum Gasteiger partial charge on any atom is -0.495 e. The van der Waals surface area contributed by atoms with Crippen molar-refractivity contribution in [3.05, 3.63) is 58.1 Å². The summed E-state index contributed by atoms with van der Waals surface area (Å²) >= 11 is 0. The smallest absolute Gasteiger partial charge is 0.271 e. The molecule has 0 aromatic heterocycles. The van der Waals surface area contributed by atoms with Crippen LogP contribution in [0.5, 0.6) is 11.5 Å². The van der Waals surface area contributed by atoms with Gasteiger partial charge in [-0.1, -0.05) is 0 Å². The van der Waals surface area contributed by atoms with Crippen LogP contribution in [0.15, 0.2) is 42.5 Å². The van der Waals surface area contributed by atoms with Crippen LogP contribution < -0.4 is 14.8 Å². The van der Waals surface area contributed by atoms with Crippen molar-refractivity contribution in [3.8, 4) is 11.5 Å². The van der Waals surface area contributed by atoms with Crippen molar-refractivity contribution in [2.45, 2.75) is 6.92 Å². The minimum absolute atomic E-state index is 0.132. The number of amides is 1. The van der Waals surface area contributed by atoms with E-state index >= 15 is 0 Å². The van der Waals surface area contributed by atoms with E-state index in [1.807, 2.05) is 6.92 Å². The van der Waals surface area contributed by atoms with E-state index in [1.165, 1.54) is 25.3 Å². The van der Waals surface area contributed by atoms with E-state index in [0.717, 1.165) is 0 Å². The van der Waals surface area contributed by atoms with Crippen LogP contribution in [0, 0.1) is 10.1 Å². The molecule has 1 N–H and O–H groups in total. The topological polar surface area (TPSA) is 90.7 Å². The molecule has 2 aromatic carbocycles. The molecule has 120 valence electrons. The van der Waals surface area contributed by atoms with E-state index in [2.05, 4.69) is 5.32 Å². The molecule has 7 heteroatoms. The zero-order valence-corrected chi connectivity index (χ0v) is 12.7. The van der Waals surface area contributed by atoms with E-state index in [1.54, 1.807) is 24.3 Å². The quantitative estimate of drug-likeness (QED) is 0.652. The first-order valence-corrected chi connectivity index (χ1v) is 6.91. The van der Waals surface area contributed by atoms with Crippen molar-refractivity contribution in [2.75, 3.05) is 19.0 Å². The maximum Gasteiger partial charge on any atom is 0.271 e. The summed E-state index contributed by atoms with van der Waals surface area (Å²) in [6.45, 7) is 2.41. The average Bonchev–Trinajstić information content (AvgIpc) is 2.55. The van der Waals surface area contributed by atoms with Crippen LogP contribution in [0.4, 0.5) is 11.4 Å². The molecule has 0 saturated heterocycles. The molecule has 0 aliphatic carbocycles. The molecular weight excluding hydrogens is 300 g/mol. The lowest BCUT2D eigenvalue weighted by atomic mass is 10.2. The standard InChI is InChI=1S/C16H16N2O5/c1-3-23-13-7-4-11(5-8-13)16(19)17-14-10-12(18(20)21)6-9-15(14)22-2/h4-10H,3H2,1-2H3,(H,17,19). The molecular formula is C16H16N2O5. The maximum absolute atomic E-state index is 12.3. The van der Waals surface area contributed by atoms with Crippen molar-refractivity contribution in [3.63, 3.8) is 0 Å². The molecule has 0 aliphatic heterocycles. The van der Waals surface area contributed by atoms with Gasteiger partial charge in [0.15, 0.2) is 0 Å². The summed E-state index contributed by atoms with van der Waals surface area (Å²) in [5.41, 5.74) is 0.510. The van der Waals surface area contributed by atoms with Crippen LogP contribution in [0.1, 0.15) is 17.3 Å². The van der Waals surface area contributed by atoms with E-state index < -0.39 is 10.8 Å². The van der Waals surface area contributed by atoms with Gasteiger partial charge in [-0.05, 0) is 37.3 Å². The molecule has 7 nitrogen and oxygen atoms in total. The number of non-ortho nitro benzene ring substituents is 1. The lowest BCUT2D eigenvalue weighted by Gasteiger charge is -2.10. The van der Waals surface area contributed by atoms with Crippen molar-refractivity contribution in [1.29, 1.82) is 0 Å². The molecule has 0 fully saturated rings. The molecule has 0 aliphatic rings. The third-order valence-electron chi connectivity index (χ3n) is 3.07. The molecule has 0 radical (unpaired) electrons. The van der Waals surface area contributed by atoms with Crippen molar-refractivity contribution >= 4 is 17.3 Å². The predicted molar refractivity (Wildman–Crippen MR) is 85.2 cm³/mol. The summed E-state index contributed by atoms with van der Waals surface area (Å²) in [6.07, 6.45) is 0. The lowest BCUT2D eigenvalue weighted by Crippen LogP contribution is -2.12. The highest BCUT2D eigenvalue weighted by molar-refractivity contribution is 6.05. The van der Waals surface area contributed by atoms with Crippen LogP contribution >= 0.6 is 0 Å². The first-order chi connectivity index (χ1) is 11.0. The van der Waals surface area contributed by atoms with E-state index in [0.29, 0.717) is 23.7 Å². The monoisotopic (exact) mass is 316 g/mol. The van der Waals surface area contributed by atoms with Gasteiger partial charge in [0.2, 0.25) is 0 Å². The second-order valence-electron chi connectivity index (χ2n) is 4.55. The summed E-state index contributed by atoms with van der Waals surface area (Å²) in [6, 6.07) is 10.6. The number of hydrogen-bond donors (Lipinski definition) is 1. The van der Waals surface area contributed by atoms with Gasteiger partial charge in [-0.3, -0.25) is 14.9 Å². The number of anilines is 1. The number of nitrogens with one attached hydrogen (secondary N) is 1. The number of nitro groups is 1. The van der Waals surface area contributed by atoms with Crippen molar-refractivity contribution in [2.24, 2.45) is 0 Å². The molecule has 2 aromatic rings. The molecule has 0 heterocycles. The Balaban J connectivity index is 2.21. The van der Waals surface area contributed by atoms with Crippen LogP contribution in [0.2, 0.25) is 0 Å². The molecule has 0 bridgehead atoms. The number of methoxy groups -OCH3 is 1. The Bertz CT molecular complexity index is 713. The number of benzene rings is 2. The first-order valence-electron chi connectivity index (χ1n) is 6.91. The zero-order valence-electron chi connectivity index (χ0n) is 12.7. The Labute approximate surface area is 133 Å². The third-order valence-corrected chi connectivity index (χ3v) is 3.07. The SMILES string of the molecule is CCOc1ccc(C(=O)Nc2cc([N+](=O)[O-])ccc2OC)cc1. The van der Waals surface area contributed by atoms with Gasteiger partial charge in [-0.25, -0.2) is 0 Å². The lowest BCUT2D eigenvalue weighted by molar-refractivity contribution is -0.384. The van der Waals surface area contributed by atoms with Gasteiger partial charge < -0.3 is 14.8 Å². The normalized spacial score (nSPS) is 10.0. The summed E-state index contributed by atoms with van der Waals surface area (Å²) in [5, 5.41) is 13.5. The third kappa shape index (κ3) is 3.97. The molecule has 0 unspecified atom stereocenters. The molecule has 0 saturated carbocycles. The van der Waals surface area contributed by atoms with E-state index in [4.69, 9.17) is 9.47 Å². The van der Waals surface area contributed by atoms with Gasteiger partial charge in [-0.2, -0.15) is 0 Å². The highest BCUT2D eigenvalue weighted by Crippen LogP contribution is 2.29. The summed E-state index contributed by atoms with van der Waals surface area (Å²) in [7, 11) is 1.42. The van der Waals surface area contributed by atoms with Crippen LogP contribution in [0.3, 0.4) is 0 Å². The molecule has 0 atom stereocenters. The zero-order chi connectivity index (χ0) is 16.8. The maximum atomic E-state index is 12.3. The number of nitrogens with zero attached hydrogens (tertiary/aromatic N) is 1. The fourth-order valence-electron chi connectivity index (χ4n) is 1.97. The van der Waals surface area contributed by atoms with Gasteiger partial charge in [0.05, 0.1) is 24.3 Å². The average molecular weight is 316 g/mol. The van der Waals surface area contributed by atoms with E-state index in [-0.39, 0.29) is 11.4 Å². The number of rotatable bonds is 6. The summed E-state index contributed by atoms with van der Waals surface area (Å²) < 4.78 is 10.4. The highest BCUT2D eigenvalue weighted by atomic mass is 16.6. The Kier molecular flexibility index (Phi) is 5.14. The summed E-state index contributed by atoms with van der Waals surface area (Å²) in [4.78, 5) is 22.6. The molecule has 2 rings (SSSR count). The van der Waals surface area contributed by atoms with Crippen molar-refractivity contribution < 1.29 is 19.2 Å². The van der Waals surface area contributed by atoms with E-state index in [9.17, 15) is 14.9 Å². The summed E-state index contributed by atoms with van der Waals surface area (Å²) in [5.74, 6) is 0.610. The molecule has 1 amide bonds. The minimum atomic E-state index is -0.536. The first kappa shape index (κ1) is 16.3. The Hall–Kier alpha value is -3.09. The van der Waals surface area contributed by atoms with Crippen molar-refractivity contribution in [1.82, 2.24) is 0 Å². The van der Waals surface area contributed by atoms with Gasteiger partial charge in [0.25, 0.3) is 11.6 Å². The predicted octanol–water partition coefficient (Wildman–Crippen LogP) is 3.25. The van der Waals surface area contributed by atoms with Gasteiger partial charge >= 0.3 is 0 Å². The van der Waals surface area contributed by atoms with Gasteiger partial charge in [0, 0.05) is 17.7 Å².